The molecular formula is C17H14N2O. The van der Waals surface area contributed by atoms with Crippen LogP contribution in [0.3, 0.4) is 0 Å². The molecule has 0 atom stereocenters. The van der Waals surface area contributed by atoms with E-state index in [0.29, 0.717) is 11.5 Å². The number of H-pyrrole nitrogens is 1. The highest BCUT2D eigenvalue weighted by atomic mass is 16.1. The van der Waals surface area contributed by atoms with Gasteiger partial charge in [-0.15, -0.1) is 0 Å². The third kappa shape index (κ3) is 2.52. The third-order valence-electron chi connectivity index (χ3n) is 3.14. The summed E-state index contributed by atoms with van der Waals surface area (Å²) >= 11 is 0. The Bertz CT molecular complexity index is 774. The van der Waals surface area contributed by atoms with E-state index in [1.54, 1.807) is 0 Å². The van der Waals surface area contributed by atoms with E-state index in [-0.39, 0.29) is 5.56 Å². The van der Waals surface area contributed by atoms with Crippen molar-refractivity contribution < 1.29 is 0 Å². The first-order chi connectivity index (χ1) is 9.72. The first kappa shape index (κ1) is 12.4. The average Bonchev–Trinajstić information content (AvgIpc) is 2.48. The maximum Gasteiger partial charge on any atom is 0.251 e. The second-order valence-electron chi connectivity index (χ2n) is 4.71. The van der Waals surface area contributed by atoms with Crippen LogP contribution in [0.15, 0.2) is 65.5 Å². The Kier molecular flexibility index (Phi) is 3.17. The van der Waals surface area contributed by atoms with Gasteiger partial charge in [0, 0.05) is 17.2 Å². The lowest BCUT2D eigenvalue weighted by molar-refractivity contribution is 1.13. The molecule has 3 rings (SSSR count). The topological polar surface area (TPSA) is 45.8 Å². The van der Waals surface area contributed by atoms with Gasteiger partial charge in [0.2, 0.25) is 0 Å². The van der Waals surface area contributed by atoms with E-state index >= 15 is 0 Å². The zero-order chi connectivity index (χ0) is 13.9. The molecule has 1 heterocycles. The van der Waals surface area contributed by atoms with Crippen LogP contribution < -0.4 is 5.56 Å². The molecule has 1 aromatic heterocycles. The van der Waals surface area contributed by atoms with Gasteiger partial charge in [-0.05, 0) is 6.92 Å². The van der Waals surface area contributed by atoms with E-state index in [1.165, 1.54) is 11.6 Å². The highest BCUT2D eigenvalue weighted by molar-refractivity contribution is 5.63. The number of hydrogen-bond donors (Lipinski definition) is 1. The number of aryl methyl sites for hydroxylation is 1. The molecule has 0 fully saturated rings. The normalized spacial score (nSPS) is 10.4. The Morgan fingerprint density at radius 1 is 0.900 bits per heavy atom. The smallest absolute Gasteiger partial charge is 0.251 e. The van der Waals surface area contributed by atoms with E-state index < -0.39 is 0 Å². The van der Waals surface area contributed by atoms with Gasteiger partial charge in [0.25, 0.3) is 5.56 Å². The number of aromatic nitrogens is 2. The van der Waals surface area contributed by atoms with Gasteiger partial charge in [-0.3, -0.25) is 4.79 Å². The van der Waals surface area contributed by atoms with Gasteiger partial charge in [0.1, 0.15) is 5.82 Å². The maximum atomic E-state index is 11.8. The molecule has 98 valence electrons. The van der Waals surface area contributed by atoms with Crippen LogP contribution in [-0.4, -0.2) is 9.97 Å². The molecular weight excluding hydrogens is 248 g/mol. The summed E-state index contributed by atoms with van der Waals surface area (Å²) in [4.78, 5) is 19.2. The first-order valence-electron chi connectivity index (χ1n) is 6.46. The summed E-state index contributed by atoms with van der Waals surface area (Å²) in [6.07, 6.45) is 0. The molecule has 1 N–H and O–H groups in total. The van der Waals surface area contributed by atoms with Crippen LogP contribution in [0.1, 0.15) is 5.56 Å². The Balaban J connectivity index is 2.12. The van der Waals surface area contributed by atoms with E-state index in [0.717, 1.165) is 11.1 Å². The molecule has 0 saturated carbocycles. The van der Waals surface area contributed by atoms with Crippen molar-refractivity contribution >= 4 is 0 Å². The van der Waals surface area contributed by atoms with Gasteiger partial charge in [-0.2, -0.15) is 0 Å². The Labute approximate surface area is 117 Å². The fourth-order valence-corrected chi connectivity index (χ4v) is 2.06. The Morgan fingerprint density at radius 3 is 2.30 bits per heavy atom. The number of rotatable bonds is 2. The van der Waals surface area contributed by atoms with Gasteiger partial charge in [-0.25, -0.2) is 4.98 Å². The van der Waals surface area contributed by atoms with Crippen LogP contribution in [0.4, 0.5) is 0 Å². The molecule has 0 aliphatic heterocycles. The zero-order valence-corrected chi connectivity index (χ0v) is 11.1. The number of nitrogens with one attached hydrogen (secondary N) is 1. The molecule has 20 heavy (non-hydrogen) atoms. The Hall–Kier alpha value is -2.68. The minimum absolute atomic E-state index is 0.144. The molecule has 0 bridgehead atoms. The fraction of sp³-hybridized carbons (Fsp3) is 0.0588. The van der Waals surface area contributed by atoms with Gasteiger partial charge in [0.15, 0.2) is 0 Å². The van der Waals surface area contributed by atoms with Crippen molar-refractivity contribution in [2.45, 2.75) is 6.92 Å². The fourth-order valence-electron chi connectivity index (χ4n) is 2.06. The SMILES string of the molecule is Cc1ccc(-c2nc(-c3ccccc3)cc(=O)[nH]2)cc1. The van der Waals surface area contributed by atoms with Crippen molar-refractivity contribution in [3.8, 4) is 22.6 Å². The van der Waals surface area contributed by atoms with Crippen molar-refractivity contribution in [2.75, 3.05) is 0 Å². The molecule has 0 radical (unpaired) electrons. The lowest BCUT2D eigenvalue weighted by atomic mass is 10.1. The highest BCUT2D eigenvalue weighted by Crippen LogP contribution is 2.19. The number of benzene rings is 2. The van der Waals surface area contributed by atoms with Crippen molar-refractivity contribution in [3.05, 3.63) is 76.6 Å². The predicted molar refractivity (Wildman–Crippen MR) is 80.5 cm³/mol. The van der Waals surface area contributed by atoms with Gasteiger partial charge in [-0.1, -0.05) is 60.2 Å². The van der Waals surface area contributed by atoms with E-state index in [9.17, 15) is 4.79 Å². The molecule has 0 aliphatic rings. The van der Waals surface area contributed by atoms with Gasteiger partial charge in [0.05, 0.1) is 5.69 Å². The van der Waals surface area contributed by atoms with Crippen molar-refractivity contribution in [2.24, 2.45) is 0 Å². The Morgan fingerprint density at radius 2 is 1.60 bits per heavy atom. The quantitative estimate of drug-likeness (QED) is 0.769. The van der Waals surface area contributed by atoms with Crippen molar-refractivity contribution in [1.82, 2.24) is 9.97 Å². The van der Waals surface area contributed by atoms with Gasteiger partial charge < -0.3 is 4.98 Å². The highest BCUT2D eigenvalue weighted by Gasteiger charge is 2.05. The van der Waals surface area contributed by atoms with Gasteiger partial charge >= 0.3 is 0 Å². The summed E-state index contributed by atoms with van der Waals surface area (Å²) in [5.41, 5.74) is 3.56. The largest absolute Gasteiger partial charge is 0.306 e. The zero-order valence-electron chi connectivity index (χ0n) is 11.1. The van der Waals surface area contributed by atoms with Crippen LogP contribution in [0, 0.1) is 6.92 Å². The summed E-state index contributed by atoms with van der Waals surface area (Å²) in [6.45, 7) is 2.03. The summed E-state index contributed by atoms with van der Waals surface area (Å²) in [5, 5.41) is 0. The number of nitrogens with zero attached hydrogens (tertiary/aromatic N) is 1. The third-order valence-corrected chi connectivity index (χ3v) is 3.14. The maximum absolute atomic E-state index is 11.8. The number of aromatic amines is 1. The van der Waals surface area contributed by atoms with E-state index in [4.69, 9.17) is 0 Å². The van der Waals surface area contributed by atoms with Crippen LogP contribution in [0.25, 0.3) is 22.6 Å². The minimum Gasteiger partial charge on any atom is -0.306 e. The second-order valence-corrected chi connectivity index (χ2v) is 4.71. The molecule has 3 nitrogen and oxygen atoms in total. The summed E-state index contributed by atoms with van der Waals surface area (Å²) in [5.74, 6) is 0.594. The van der Waals surface area contributed by atoms with Crippen LogP contribution >= 0.6 is 0 Å². The molecule has 0 unspecified atom stereocenters. The predicted octanol–water partition coefficient (Wildman–Crippen LogP) is 3.41. The summed E-state index contributed by atoms with van der Waals surface area (Å²) in [7, 11) is 0. The monoisotopic (exact) mass is 262 g/mol. The van der Waals surface area contributed by atoms with Crippen molar-refractivity contribution in [3.63, 3.8) is 0 Å². The van der Waals surface area contributed by atoms with Crippen LogP contribution in [-0.2, 0) is 0 Å². The molecule has 3 heteroatoms. The van der Waals surface area contributed by atoms with E-state index in [2.05, 4.69) is 9.97 Å². The molecule has 0 saturated heterocycles. The first-order valence-corrected chi connectivity index (χ1v) is 6.46. The van der Waals surface area contributed by atoms with Crippen LogP contribution in [0.2, 0.25) is 0 Å². The molecule has 0 aliphatic carbocycles. The van der Waals surface area contributed by atoms with E-state index in [1.807, 2.05) is 61.5 Å². The molecule has 2 aromatic carbocycles. The standard InChI is InChI=1S/C17H14N2O/c1-12-7-9-14(10-8-12)17-18-15(11-16(20)19-17)13-5-3-2-4-6-13/h2-11H,1H3,(H,18,19,20). The lowest BCUT2D eigenvalue weighted by Gasteiger charge is -2.05. The van der Waals surface area contributed by atoms with Crippen molar-refractivity contribution in [1.29, 1.82) is 0 Å². The lowest BCUT2D eigenvalue weighted by Crippen LogP contribution is -2.08. The summed E-state index contributed by atoms with van der Waals surface area (Å²) in [6, 6.07) is 19.2. The molecule has 0 amide bonds. The number of hydrogen-bond acceptors (Lipinski definition) is 2. The van der Waals surface area contributed by atoms with Crippen LogP contribution in [0.5, 0.6) is 0 Å². The minimum atomic E-state index is -0.144. The summed E-state index contributed by atoms with van der Waals surface area (Å²) < 4.78 is 0. The molecule has 3 aromatic rings. The molecule has 0 spiro atoms. The average molecular weight is 262 g/mol. The second kappa shape index (κ2) is 5.13.